The molecule has 14 heavy (non-hydrogen) atoms. The van der Waals surface area contributed by atoms with E-state index in [0.717, 1.165) is 5.76 Å². The standard InChI is InChI=1S/C10H16N2O2/c1-10(2)6(5-11)9(10)7-4-8(13-3)12-14-7/h4,6,9H,5,11H2,1-3H3/t6-,9+/m1/s1. The van der Waals surface area contributed by atoms with Crippen molar-refractivity contribution in [3.05, 3.63) is 11.8 Å². The number of hydrogen-bond acceptors (Lipinski definition) is 4. The van der Waals surface area contributed by atoms with Crippen molar-refractivity contribution < 1.29 is 9.26 Å². The number of nitrogens with two attached hydrogens (primary N) is 1. The molecule has 1 aliphatic carbocycles. The van der Waals surface area contributed by atoms with Gasteiger partial charge < -0.3 is 15.0 Å². The first kappa shape index (κ1) is 9.52. The Hall–Kier alpha value is -1.03. The number of aromatic nitrogens is 1. The SMILES string of the molecule is COc1cc([C@@H]2[C@@H](CN)C2(C)C)on1. The highest BCUT2D eigenvalue weighted by Crippen LogP contribution is 2.63. The van der Waals surface area contributed by atoms with Crippen LogP contribution in [0.25, 0.3) is 0 Å². The molecule has 0 spiro atoms. The lowest BCUT2D eigenvalue weighted by Crippen LogP contribution is -2.05. The highest BCUT2D eigenvalue weighted by atomic mass is 16.5. The third-order valence-corrected chi connectivity index (χ3v) is 3.33. The highest BCUT2D eigenvalue weighted by Gasteiger charge is 2.59. The summed E-state index contributed by atoms with van der Waals surface area (Å²) in [5.74, 6) is 2.32. The minimum Gasteiger partial charge on any atom is -0.479 e. The second-order valence-electron chi connectivity index (χ2n) is 4.41. The average Bonchev–Trinajstić information content (AvgIpc) is 2.55. The van der Waals surface area contributed by atoms with Crippen molar-refractivity contribution in [2.45, 2.75) is 19.8 Å². The Morgan fingerprint density at radius 3 is 2.79 bits per heavy atom. The molecule has 0 bridgehead atoms. The largest absolute Gasteiger partial charge is 0.479 e. The van der Waals surface area contributed by atoms with Gasteiger partial charge in [-0.2, -0.15) is 0 Å². The van der Waals surface area contributed by atoms with Crippen LogP contribution in [-0.2, 0) is 0 Å². The molecule has 0 radical (unpaired) electrons. The van der Waals surface area contributed by atoms with Gasteiger partial charge in [-0.1, -0.05) is 13.8 Å². The Balaban J connectivity index is 2.18. The zero-order chi connectivity index (χ0) is 10.3. The molecule has 1 aliphatic rings. The molecule has 1 heterocycles. The van der Waals surface area contributed by atoms with E-state index in [1.165, 1.54) is 0 Å². The molecule has 1 fully saturated rings. The van der Waals surface area contributed by atoms with E-state index in [2.05, 4.69) is 19.0 Å². The monoisotopic (exact) mass is 196 g/mol. The first-order valence-electron chi connectivity index (χ1n) is 4.82. The number of ether oxygens (including phenoxy) is 1. The van der Waals surface area contributed by atoms with Crippen LogP contribution in [0.15, 0.2) is 10.6 Å². The first-order valence-corrected chi connectivity index (χ1v) is 4.82. The highest BCUT2D eigenvalue weighted by molar-refractivity contribution is 5.27. The Labute approximate surface area is 83.4 Å². The summed E-state index contributed by atoms with van der Waals surface area (Å²) in [5.41, 5.74) is 5.92. The number of nitrogens with zero attached hydrogens (tertiary/aromatic N) is 1. The lowest BCUT2D eigenvalue weighted by atomic mass is 10.1. The summed E-state index contributed by atoms with van der Waals surface area (Å²) < 4.78 is 10.2. The third-order valence-electron chi connectivity index (χ3n) is 3.33. The summed E-state index contributed by atoms with van der Waals surface area (Å²) in [4.78, 5) is 0. The molecule has 0 saturated heterocycles. The minimum atomic E-state index is 0.235. The van der Waals surface area contributed by atoms with Gasteiger partial charge >= 0.3 is 0 Å². The molecule has 2 rings (SSSR count). The zero-order valence-corrected chi connectivity index (χ0v) is 8.78. The first-order chi connectivity index (χ1) is 6.61. The van der Waals surface area contributed by atoms with Crippen LogP contribution in [0.3, 0.4) is 0 Å². The van der Waals surface area contributed by atoms with Gasteiger partial charge in [0, 0.05) is 12.0 Å². The van der Waals surface area contributed by atoms with Crippen molar-refractivity contribution in [2.24, 2.45) is 17.1 Å². The van der Waals surface area contributed by atoms with Crippen molar-refractivity contribution in [3.63, 3.8) is 0 Å². The molecule has 4 nitrogen and oxygen atoms in total. The fraction of sp³-hybridized carbons (Fsp3) is 0.700. The molecule has 1 saturated carbocycles. The van der Waals surface area contributed by atoms with E-state index in [-0.39, 0.29) is 5.41 Å². The molecule has 2 atom stereocenters. The van der Waals surface area contributed by atoms with Crippen molar-refractivity contribution in [2.75, 3.05) is 13.7 Å². The van der Waals surface area contributed by atoms with Gasteiger partial charge in [0.1, 0.15) is 5.76 Å². The average molecular weight is 196 g/mol. The van der Waals surface area contributed by atoms with Crippen molar-refractivity contribution >= 4 is 0 Å². The van der Waals surface area contributed by atoms with Gasteiger partial charge in [0.2, 0.25) is 0 Å². The van der Waals surface area contributed by atoms with Gasteiger partial charge in [-0.25, -0.2) is 0 Å². The van der Waals surface area contributed by atoms with E-state index >= 15 is 0 Å². The predicted molar refractivity (Wildman–Crippen MR) is 52.1 cm³/mol. The summed E-state index contributed by atoms with van der Waals surface area (Å²) >= 11 is 0. The van der Waals surface area contributed by atoms with Crippen LogP contribution in [0.2, 0.25) is 0 Å². The minimum absolute atomic E-state index is 0.235. The number of methoxy groups -OCH3 is 1. The Kier molecular flexibility index (Phi) is 2.03. The maximum Gasteiger partial charge on any atom is 0.254 e. The van der Waals surface area contributed by atoms with Crippen LogP contribution in [0.4, 0.5) is 0 Å². The van der Waals surface area contributed by atoms with E-state index in [1.807, 2.05) is 6.07 Å². The zero-order valence-electron chi connectivity index (χ0n) is 8.78. The smallest absolute Gasteiger partial charge is 0.254 e. The van der Waals surface area contributed by atoms with Crippen LogP contribution in [0.1, 0.15) is 25.5 Å². The van der Waals surface area contributed by atoms with Crippen molar-refractivity contribution in [1.82, 2.24) is 5.16 Å². The van der Waals surface area contributed by atoms with E-state index in [1.54, 1.807) is 7.11 Å². The fourth-order valence-corrected chi connectivity index (χ4v) is 2.26. The van der Waals surface area contributed by atoms with Crippen LogP contribution < -0.4 is 10.5 Å². The molecule has 78 valence electrons. The molecular weight excluding hydrogens is 180 g/mol. The van der Waals surface area contributed by atoms with Gasteiger partial charge in [-0.15, -0.1) is 0 Å². The molecule has 1 aromatic rings. The Bertz CT molecular complexity index is 333. The van der Waals surface area contributed by atoms with Gasteiger partial charge in [0.15, 0.2) is 0 Å². The Morgan fingerprint density at radius 2 is 2.36 bits per heavy atom. The second kappa shape index (κ2) is 2.98. The third kappa shape index (κ3) is 1.21. The van der Waals surface area contributed by atoms with Crippen LogP contribution >= 0.6 is 0 Å². The molecule has 0 aromatic carbocycles. The lowest BCUT2D eigenvalue weighted by Gasteiger charge is -1.97. The summed E-state index contributed by atoms with van der Waals surface area (Å²) in [5, 5.41) is 3.79. The quantitative estimate of drug-likeness (QED) is 0.793. The van der Waals surface area contributed by atoms with Gasteiger partial charge in [-0.05, 0) is 23.0 Å². The maximum atomic E-state index is 5.68. The topological polar surface area (TPSA) is 61.3 Å². The van der Waals surface area contributed by atoms with E-state index in [4.69, 9.17) is 15.0 Å². The van der Waals surface area contributed by atoms with Crippen molar-refractivity contribution in [3.8, 4) is 5.88 Å². The van der Waals surface area contributed by atoms with Gasteiger partial charge in [-0.3, -0.25) is 0 Å². The summed E-state index contributed by atoms with van der Waals surface area (Å²) in [6, 6.07) is 1.85. The van der Waals surface area contributed by atoms with E-state index in [0.29, 0.717) is 24.3 Å². The number of rotatable bonds is 3. The summed E-state index contributed by atoms with van der Waals surface area (Å²) in [6.45, 7) is 5.09. The Morgan fingerprint density at radius 1 is 1.64 bits per heavy atom. The fourth-order valence-electron chi connectivity index (χ4n) is 2.26. The molecule has 4 heteroatoms. The van der Waals surface area contributed by atoms with E-state index in [9.17, 15) is 0 Å². The maximum absolute atomic E-state index is 5.68. The van der Waals surface area contributed by atoms with Gasteiger partial charge in [0.05, 0.1) is 7.11 Å². The summed E-state index contributed by atoms with van der Waals surface area (Å²) in [7, 11) is 1.58. The van der Waals surface area contributed by atoms with Crippen LogP contribution in [0, 0.1) is 11.3 Å². The summed E-state index contributed by atoms with van der Waals surface area (Å²) in [6.07, 6.45) is 0. The van der Waals surface area contributed by atoms with Crippen LogP contribution in [0.5, 0.6) is 5.88 Å². The van der Waals surface area contributed by atoms with Crippen molar-refractivity contribution in [1.29, 1.82) is 0 Å². The molecule has 0 amide bonds. The molecule has 1 aromatic heterocycles. The lowest BCUT2D eigenvalue weighted by molar-refractivity contribution is 0.322. The predicted octanol–water partition coefficient (Wildman–Crippen LogP) is 1.38. The molecular formula is C10H16N2O2. The van der Waals surface area contributed by atoms with Gasteiger partial charge in [0.25, 0.3) is 5.88 Å². The molecule has 0 aliphatic heterocycles. The number of hydrogen-bond donors (Lipinski definition) is 1. The second-order valence-corrected chi connectivity index (χ2v) is 4.41. The molecule has 2 N–H and O–H groups in total. The van der Waals surface area contributed by atoms with E-state index < -0.39 is 0 Å². The normalized spacial score (nSPS) is 28.9. The van der Waals surface area contributed by atoms with Crippen LogP contribution in [-0.4, -0.2) is 18.8 Å². The molecule has 0 unspecified atom stereocenters.